The van der Waals surface area contributed by atoms with E-state index in [0.717, 1.165) is 48.5 Å². The minimum absolute atomic E-state index is 0.00865. The Balaban J connectivity index is 1.69. The normalized spacial score (nSPS) is 13.2. The van der Waals surface area contributed by atoms with E-state index in [1.165, 1.54) is 36.2 Å². The van der Waals surface area contributed by atoms with Gasteiger partial charge in [-0.1, -0.05) is 30.3 Å². The molecule has 0 unspecified atom stereocenters. The molecule has 1 aliphatic carbocycles. The number of anilines is 1. The van der Waals surface area contributed by atoms with Crippen molar-refractivity contribution in [3.05, 3.63) is 107 Å². The second-order valence-corrected chi connectivity index (χ2v) is 23.1. The molecule has 1 heterocycles. The molecular formula is C38H35N3O22S6. The molecule has 0 aromatic heterocycles. The molecule has 4 aromatic rings. The molecule has 69 heavy (non-hydrogen) atoms. The van der Waals surface area contributed by atoms with Crippen molar-refractivity contribution in [1.29, 1.82) is 0 Å². The quantitative estimate of drug-likeness (QED) is 0.0213. The van der Waals surface area contributed by atoms with Crippen LogP contribution in [0.4, 0.5) is 5.69 Å². The molecule has 0 saturated heterocycles. The Labute approximate surface area is 392 Å². The highest BCUT2D eigenvalue weighted by molar-refractivity contribution is 7.87. The molecule has 0 atom stereocenters. The van der Waals surface area contributed by atoms with Crippen molar-refractivity contribution < 1.29 is 97.2 Å². The molecule has 4 aromatic carbocycles. The molecule has 6 rings (SSSR count). The molecule has 31 heteroatoms. The van der Waals surface area contributed by atoms with Gasteiger partial charge in [-0.3, -0.25) is 42.4 Å². The fourth-order valence-electron chi connectivity index (χ4n) is 6.97. The van der Waals surface area contributed by atoms with Gasteiger partial charge in [-0.25, -0.2) is 4.89 Å². The fraction of sp³-hybridized carbons (Fsp3) is 0.158. The zero-order valence-electron chi connectivity index (χ0n) is 34.7. The maximum absolute atomic E-state index is 14.0. The summed E-state index contributed by atoms with van der Waals surface area (Å²) in [6, 6.07) is 13.0. The minimum Gasteiger partial charge on any atom is -0.456 e. The lowest BCUT2D eigenvalue weighted by Gasteiger charge is -2.22. The highest BCUT2D eigenvalue weighted by atomic mass is 32.2. The van der Waals surface area contributed by atoms with Crippen LogP contribution >= 0.6 is 0 Å². The van der Waals surface area contributed by atoms with Gasteiger partial charge in [-0.15, -0.1) is 0 Å². The predicted molar refractivity (Wildman–Crippen MR) is 237 cm³/mol. The third-order valence-electron chi connectivity index (χ3n) is 10.1. The first-order valence-corrected chi connectivity index (χ1v) is 27.5. The first-order valence-electron chi connectivity index (χ1n) is 18.9. The SMILES string of the molecule is CN(CCCOO)C(=O)c1ccccc1-c1c2cc(S(=O)(=O)O)c(=NCc3ccc(S(=O)(=O)O)cc3S(=O)(=O)O)cc-2oc2cc(NCc3ccc(S(=O)(=O)O)cc3S(=O)(=O)O)c(S(=O)(=O)O)cc12. The number of hydrogen-bond donors (Lipinski definition) is 8. The number of carbonyl (C=O) groups excluding carboxylic acids is 1. The second-order valence-electron chi connectivity index (χ2n) is 14.7. The molecule has 370 valence electrons. The summed E-state index contributed by atoms with van der Waals surface area (Å²) in [5.41, 5.74) is -2.42. The maximum atomic E-state index is 14.0. The molecule has 8 N–H and O–H groups in total. The minimum atomic E-state index is -5.37. The van der Waals surface area contributed by atoms with Crippen LogP contribution in [-0.2, 0) is 78.7 Å². The van der Waals surface area contributed by atoms with Gasteiger partial charge in [0.15, 0.2) is 0 Å². The van der Waals surface area contributed by atoms with Gasteiger partial charge in [0, 0.05) is 54.3 Å². The first kappa shape index (κ1) is 52.6. The van der Waals surface area contributed by atoms with Crippen molar-refractivity contribution in [3.8, 4) is 22.5 Å². The van der Waals surface area contributed by atoms with Gasteiger partial charge in [-0.05, 0) is 65.6 Å². The summed E-state index contributed by atoms with van der Waals surface area (Å²) in [7, 11) is -29.8. The van der Waals surface area contributed by atoms with Gasteiger partial charge in [-0.2, -0.15) is 50.5 Å². The van der Waals surface area contributed by atoms with Gasteiger partial charge in [0.05, 0.1) is 34.0 Å². The number of rotatable bonds is 17. The van der Waals surface area contributed by atoms with Gasteiger partial charge < -0.3 is 14.6 Å². The summed E-state index contributed by atoms with van der Waals surface area (Å²) in [6.45, 7) is -1.79. The zero-order valence-corrected chi connectivity index (χ0v) is 39.6. The molecule has 25 nitrogen and oxygen atoms in total. The van der Waals surface area contributed by atoms with Crippen molar-refractivity contribution in [2.75, 3.05) is 25.5 Å². The third kappa shape index (κ3) is 11.8. The van der Waals surface area contributed by atoms with E-state index >= 15 is 0 Å². The van der Waals surface area contributed by atoms with Crippen LogP contribution in [0.1, 0.15) is 27.9 Å². The lowest BCUT2D eigenvalue weighted by Crippen LogP contribution is -2.28. The molecule has 0 saturated carbocycles. The van der Waals surface area contributed by atoms with Crippen molar-refractivity contribution in [3.63, 3.8) is 0 Å². The highest BCUT2D eigenvalue weighted by Crippen LogP contribution is 2.44. The summed E-state index contributed by atoms with van der Waals surface area (Å²) >= 11 is 0. The smallest absolute Gasteiger partial charge is 0.296 e. The number of nitrogens with one attached hydrogen (secondary N) is 1. The van der Waals surface area contributed by atoms with Crippen LogP contribution in [-0.4, -0.2) is 114 Å². The zero-order chi connectivity index (χ0) is 51.2. The number of benzene rings is 5. The Morgan fingerprint density at radius 1 is 0.638 bits per heavy atom. The summed E-state index contributed by atoms with van der Waals surface area (Å²) in [4.78, 5) is 17.5. The van der Waals surface area contributed by atoms with Gasteiger partial charge in [0.2, 0.25) is 0 Å². The molecule has 0 bridgehead atoms. The Kier molecular flexibility index (Phi) is 14.6. The Morgan fingerprint density at radius 3 is 1.74 bits per heavy atom. The number of nitrogens with zero attached hydrogens (tertiary/aromatic N) is 2. The van der Waals surface area contributed by atoms with Crippen LogP contribution in [0.15, 0.2) is 124 Å². The largest absolute Gasteiger partial charge is 0.456 e. The maximum Gasteiger partial charge on any atom is 0.296 e. The number of amides is 1. The van der Waals surface area contributed by atoms with Crippen LogP contribution in [0.25, 0.3) is 33.4 Å². The van der Waals surface area contributed by atoms with Crippen LogP contribution in [0.2, 0.25) is 0 Å². The van der Waals surface area contributed by atoms with Gasteiger partial charge in [0.25, 0.3) is 66.6 Å². The summed E-state index contributed by atoms with van der Waals surface area (Å²) in [5, 5.41) is 10.4. The number of fused-ring (bicyclic) bond motifs is 2. The molecular weight excluding hydrogens is 1040 g/mol. The number of hydrogen-bond acceptors (Lipinski definition) is 18. The monoisotopic (exact) mass is 1080 g/mol. The van der Waals surface area contributed by atoms with Gasteiger partial charge in [0.1, 0.15) is 30.9 Å². The van der Waals surface area contributed by atoms with E-state index in [1.807, 2.05) is 0 Å². The third-order valence-corrected chi connectivity index (χ3v) is 15.4. The fourth-order valence-corrected chi connectivity index (χ4v) is 11.0. The Morgan fingerprint density at radius 2 is 1.19 bits per heavy atom. The van der Waals surface area contributed by atoms with E-state index in [0.29, 0.717) is 12.1 Å². The predicted octanol–water partition coefficient (Wildman–Crippen LogP) is 3.35. The van der Waals surface area contributed by atoms with Gasteiger partial charge >= 0.3 is 0 Å². The van der Waals surface area contributed by atoms with Crippen LogP contribution in [0.5, 0.6) is 0 Å². The molecule has 0 radical (unpaired) electrons. The molecule has 2 aliphatic rings. The average Bonchev–Trinajstić information content (AvgIpc) is 3.23. The highest BCUT2D eigenvalue weighted by Gasteiger charge is 2.30. The van der Waals surface area contributed by atoms with Crippen molar-refractivity contribution >= 4 is 83.3 Å². The summed E-state index contributed by atoms with van der Waals surface area (Å²) in [6.07, 6.45) is 0.140. The topological polar surface area (TPSA) is 414 Å². The average molecular weight is 1080 g/mol. The van der Waals surface area contributed by atoms with E-state index in [9.17, 15) is 82.6 Å². The van der Waals surface area contributed by atoms with Crippen molar-refractivity contribution in [1.82, 2.24) is 4.90 Å². The van der Waals surface area contributed by atoms with Crippen molar-refractivity contribution in [2.45, 2.75) is 48.9 Å². The molecule has 1 amide bonds. The van der Waals surface area contributed by atoms with E-state index < -0.39 is 131 Å². The Hall–Kier alpha value is -5.78. The first-order chi connectivity index (χ1) is 31.8. The van der Waals surface area contributed by atoms with E-state index in [2.05, 4.69) is 15.2 Å². The number of carbonyl (C=O) groups is 1. The molecule has 0 fully saturated rings. The lowest BCUT2D eigenvalue weighted by molar-refractivity contribution is -0.242. The van der Waals surface area contributed by atoms with E-state index in [4.69, 9.17) is 9.67 Å². The summed E-state index contributed by atoms with van der Waals surface area (Å²) < 4.78 is 215. The molecule has 1 aliphatic heterocycles. The lowest BCUT2D eigenvalue weighted by atomic mass is 9.90. The Bertz CT molecular complexity index is 3820. The van der Waals surface area contributed by atoms with E-state index in [-0.39, 0.29) is 58.6 Å². The van der Waals surface area contributed by atoms with Crippen LogP contribution in [0.3, 0.4) is 0 Å². The summed E-state index contributed by atoms with van der Waals surface area (Å²) in [5.74, 6) is -1.05. The van der Waals surface area contributed by atoms with Crippen molar-refractivity contribution in [2.24, 2.45) is 4.99 Å². The van der Waals surface area contributed by atoms with Crippen LogP contribution in [0, 0.1) is 0 Å². The van der Waals surface area contributed by atoms with E-state index in [1.54, 1.807) is 0 Å². The molecule has 0 spiro atoms. The van der Waals surface area contributed by atoms with Crippen LogP contribution < -0.4 is 10.7 Å². The standard InChI is InChI=1S/C38H35N3O22S6/c1-41(11-4-12-62-43)38(42)26-6-3-2-5-25(26)37-27-15-35(68(56,57)58)29(39-19-21-7-9-23(64(44,45)46)13-33(21)66(50,51)52)17-31(27)63-32-18-30(36(16-28(32)37)69(59,60)61)40-20-22-8-10-24(65(47,48)49)14-34(22)67(53,54)55/h2-3,5-10,13-18,39,43H,4,11-12,19-20H2,1H3,(H,44,45,46)(H,47,48,49)(H,50,51,52)(H,53,54,55)(H,56,57,58)(H,59,60,61). The second kappa shape index (κ2) is 19.2.